The van der Waals surface area contributed by atoms with Gasteiger partial charge in [-0.1, -0.05) is 144 Å². The summed E-state index contributed by atoms with van der Waals surface area (Å²) in [4.78, 5) is 32.1. The Kier molecular flexibility index (Phi) is 11.1. The highest BCUT2D eigenvalue weighted by Gasteiger charge is 2.22. The first-order chi connectivity index (χ1) is 33.6. The Morgan fingerprint density at radius 2 is 0.841 bits per heavy atom. The zero-order chi connectivity index (χ0) is 47.2. The van der Waals surface area contributed by atoms with Crippen LogP contribution in [0.15, 0.2) is 170 Å². The summed E-state index contributed by atoms with van der Waals surface area (Å²) >= 11 is 0. The third-order valence-corrected chi connectivity index (χ3v) is 13.1. The number of halogens is 1. The van der Waals surface area contributed by atoms with Crippen LogP contribution in [-0.4, -0.2) is 25.9 Å². The van der Waals surface area contributed by atoms with Crippen molar-refractivity contribution >= 4 is 52.3 Å². The molecule has 2 N–H and O–H groups in total. The Bertz CT molecular complexity index is 3630. The number of carbonyl (C=O) groups excluding carboxylic acids is 1. The predicted octanol–water partition coefficient (Wildman–Crippen LogP) is 15.8. The number of nitrogens with zero attached hydrogens (tertiary/aromatic N) is 2. The number of benzene rings is 6. The van der Waals surface area contributed by atoms with E-state index in [9.17, 15) is 4.79 Å². The summed E-state index contributed by atoms with van der Waals surface area (Å²) in [6.07, 6.45) is 8.37. The van der Waals surface area contributed by atoms with Crippen LogP contribution in [0.25, 0.3) is 102 Å². The Morgan fingerprint density at radius 3 is 1.22 bits per heavy atom. The number of H-pyrrole nitrogens is 2. The molecule has 334 valence electrons. The molecule has 0 saturated carbocycles. The molecule has 0 saturated heterocycles. The number of aromatic amines is 2. The number of aryl methyl sites for hydroxylation is 3. The second kappa shape index (κ2) is 17.8. The van der Waals surface area contributed by atoms with Crippen LogP contribution in [0.3, 0.4) is 0 Å². The van der Waals surface area contributed by atoms with Crippen molar-refractivity contribution < 1.29 is 13.9 Å². The van der Waals surface area contributed by atoms with Crippen molar-refractivity contribution in [3.8, 4) is 61.4 Å². The number of nitrogens with one attached hydrogen (secondary N) is 2. The molecule has 2 aliphatic rings. The van der Waals surface area contributed by atoms with Gasteiger partial charge in [-0.3, -0.25) is 4.79 Å². The van der Waals surface area contributed by atoms with Gasteiger partial charge in [-0.25, -0.2) is 14.4 Å². The molecule has 3 aromatic heterocycles. The molecule has 0 radical (unpaired) electrons. The smallest absolute Gasteiger partial charge is 0.318 e. The molecule has 0 fully saturated rings. The lowest BCUT2D eigenvalue weighted by molar-refractivity contribution is -0.135. The summed E-state index contributed by atoms with van der Waals surface area (Å²) in [6, 6.07) is 56.0. The van der Waals surface area contributed by atoms with Gasteiger partial charge in [-0.05, 0) is 128 Å². The highest BCUT2D eigenvalue weighted by molar-refractivity contribution is 6.00. The maximum absolute atomic E-state index is 15.4. The van der Waals surface area contributed by atoms with Crippen molar-refractivity contribution in [2.75, 3.05) is 0 Å². The van der Waals surface area contributed by atoms with Gasteiger partial charge in [-0.15, -0.1) is 0 Å². The molecule has 69 heavy (non-hydrogen) atoms. The molecule has 0 unspecified atom stereocenters. The third-order valence-electron chi connectivity index (χ3n) is 13.1. The van der Waals surface area contributed by atoms with Gasteiger partial charge in [0.25, 0.3) is 0 Å². The van der Waals surface area contributed by atoms with Gasteiger partial charge >= 0.3 is 5.97 Å². The Morgan fingerprint density at radius 1 is 0.464 bits per heavy atom. The third kappa shape index (κ3) is 8.40. The first-order valence-electron chi connectivity index (χ1n) is 23.2. The molecular formula is C62H47FN4O2. The zero-order valence-corrected chi connectivity index (χ0v) is 38.6. The molecule has 0 spiro atoms. The van der Waals surface area contributed by atoms with Crippen LogP contribution in [-0.2, 0) is 4.79 Å². The molecular weight excluding hydrogens is 852 g/mol. The van der Waals surface area contributed by atoms with Crippen molar-refractivity contribution in [3.63, 3.8) is 0 Å². The minimum absolute atomic E-state index is 0.376. The van der Waals surface area contributed by atoms with Gasteiger partial charge < -0.3 is 14.7 Å². The zero-order valence-electron chi connectivity index (χ0n) is 38.6. The molecule has 9 aromatic rings. The van der Waals surface area contributed by atoms with Crippen LogP contribution in [0, 0.1) is 26.6 Å². The first-order valence-corrected chi connectivity index (χ1v) is 23.2. The van der Waals surface area contributed by atoms with E-state index >= 15 is 4.39 Å². The quantitative estimate of drug-likeness (QED) is 0.118. The number of aromatic nitrogens is 4. The van der Waals surface area contributed by atoms with Crippen molar-refractivity contribution in [1.82, 2.24) is 19.9 Å². The maximum Gasteiger partial charge on any atom is 0.318 e. The largest absolute Gasteiger partial charge is 0.426 e. The predicted molar refractivity (Wildman–Crippen MR) is 281 cm³/mol. The number of hydrogen-bond acceptors (Lipinski definition) is 4. The summed E-state index contributed by atoms with van der Waals surface area (Å²) in [5.74, 6) is -1.20. The molecule has 7 heteroatoms. The average molecular weight is 899 g/mol. The van der Waals surface area contributed by atoms with Crippen molar-refractivity contribution in [3.05, 3.63) is 221 Å². The molecule has 0 aliphatic carbocycles. The molecule has 0 amide bonds. The summed E-state index contributed by atoms with van der Waals surface area (Å²) in [5, 5.41) is 0. The number of rotatable bonds is 8. The van der Waals surface area contributed by atoms with Crippen LogP contribution in [0.2, 0.25) is 0 Å². The maximum atomic E-state index is 15.4. The fourth-order valence-corrected chi connectivity index (χ4v) is 9.26. The number of ether oxygens (including phenoxy) is 1. The van der Waals surface area contributed by atoms with Crippen LogP contribution in [0.5, 0.6) is 5.75 Å². The van der Waals surface area contributed by atoms with Gasteiger partial charge in [-0.2, -0.15) is 0 Å². The summed E-state index contributed by atoms with van der Waals surface area (Å²) < 4.78 is 21.3. The summed E-state index contributed by atoms with van der Waals surface area (Å²) in [5.41, 5.74) is 20.0. The molecule has 6 nitrogen and oxygen atoms in total. The van der Waals surface area contributed by atoms with Gasteiger partial charge in [0, 0.05) is 49.9 Å². The van der Waals surface area contributed by atoms with E-state index in [1.165, 1.54) is 22.8 Å². The molecule has 5 heterocycles. The van der Waals surface area contributed by atoms with E-state index in [1.54, 1.807) is 31.2 Å². The topological polar surface area (TPSA) is 83.7 Å². The second-order valence-electron chi connectivity index (χ2n) is 17.9. The van der Waals surface area contributed by atoms with Crippen LogP contribution >= 0.6 is 0 Å². The fraction of sp³-hybridized carbons (Fsp3) is 0.0806. The SMILES string of the molecule is Cc1ccc(-c2c3nc(c(-c4ccc(C)cc4)c4ccc([nH]4)c(-c4ccc(OC(=O)[C@H](C)c5ccc(-c6ccccc6)c(F)c5)cc4)c4nc(c(-c5ccc(C)cc5)c5ccc2[nH]5)C=C4)C=C3)cc1. The van der Waals surface area contributed by atoms with E-state index in [0.717, 1.165) is 94.9 Å². The Balaban J connectivity index is 1.08. The second-order valence-corrected chi connectivity index (χ2v) is 17.9. The van der Waals surface area contributed by atoms with Crippen LogP contribution < -0.4 is 4.74 Å². The Labute approximate surface area is 400 Å². The molecule has 2 aliphatic heterocycles. The van der Waals surface area contributed by atoms with Crippen LogP contribution in [0.1, 0.15) is 57.9 Å². The van der Waals surface area contributed by atoms with Gasteiger partial charge in [0.05, 0.1) is 28.7 Å². The molecule has 8 bridgehead atoms. The van der Waals surface area contributed by atoms with E-state index in [-0.39, 0.29) is 0 Å². The lowest BCUT2D eigenvalue weighted by atomic mass is 9.97. The lowest BCUT2D eigenvalue weighted by Crippen LogP contribution is -2.16. The number of hydrogen-bond donors (Lipinski definition) is 2. The molecule has 1 atom stereocenters. The number of carbonyl (C=O) groups is 1. The number of fused-ring (bicyclic) bond motifs is 8. The standard InChI is InChI=1S/C62H47FN4O2/c1-37-10-16-42(17-11-37)58-50-28-30-52(64-50)59(43-18-12-38(2)13-19-43)54-32-34-56(66-54)61(57-35-33-55(67-57)60(53-31-29-51(58)65-53)44-20-14-39(3)15-21-44)45-22-25-47(26-23-45)69-62(68)40(4)46-24-27-48(49(63)36-46)41-8-6-5-7-9-41/h5-36,40,64,67H,1-4H3/t40-/m1/s1. The normalized spacial score (nSPS) is 12.3. The van der Waals surface area contributed by atoms with E-state index in [1.807, 2.05) is 42.5 Å². The fourth-order valence-electron chi connectivity index (χ4n) is 9.26. The lowest BCUT2D eigenvalue weighted by Gasteiger charge is -2.13. The minimum Gasteiger partial charge on any atom is -0.426 e. The first kappa shape index (κ1) is 42.9. The molecule has 11 rings (SSSR count). The van der Waals surface area contributed by atoms with Gasteiger partial charge in [0.1, 0.15) is 11.6 Å². The van der Waals surface area contributed by atoms with Crippen molar-refractivity contribution in [2.24, 2.45) is 0 Å². The Hall–Kier alpha value is -8.68. The summed E-state index contributed by atoms with van der Waals surface area (Å²) in [6.45, 7) is 8.02. The van der Waals surface area contributed by atoms with E-state index < -0.39 is 17.7 Å². The van der Waals surface area contributed by atoms with Crippen LogP contribution in [0.4, 0.5) is 4.39 Å². The monoisotopic (exact) mass is 898 g/mol. The summed E-state index contributed by atoms with van der Waals surface area (Å²) in [7, 11) is 0. The average Bonchev–Trinajstić information content (AvgIpc) is 4.22. The van der Waals surface area contributed by atoms with Crippen molar-refractivity contribution in [1.29, 1.82) is 0 Å². The van der Waals surface area contributed by atoms with E-state index in [4.69, 9.17) is 14.7 Å². The van der Waals surface area contributed by atoms with E-state index in [0.29, 0.717) is 16.9 Å². The van der Waals surface area contributed by atoms with Gasteiger partial charge in [0.15, 0.2) is 0 Å². The van der Waals surface area contributed by atoms with Gasteiger partial charge in [0.2, 0.25) is 0 Å². The minimum atomic E-state index is -0.704. The number of esters is 1. The van der Waals surface area contributed by atoms with E-state index in [2.05, 4.69) is 152 Å². The highest BCUT2D eigenvalue weighted by Crippen LogP contribution is 2.39. The van der Waals surface area contributed by atoms with Crippen molar-refractivity contribution in [2.45, 2.75) is 33.6 Å². The molecule has 6 aromatic carbocycles. The highest BCUT2D eigenvalue weighted by atomic mass is 19.1.